The molecule has 11 rings (SSSR count). The van der Waals surface area contributed by atoms with Crippen LogP contribution in [0, 0.1) is 81.8 Å². The third-order valence-electron chi connectivity index (χ3n) is 24.3. The van der Waals surface area contributed by atoms with Gasteiger partial charge < -0.3 is 47.4 Å². The van der Waals surface area contributed by atoms with Gasteiger partial charge >= 0.3 is 23.9 Å². The van der Waals surface area contributed by atoms with Crippen molar-refractivity contribution in [3.8, 4) is 0 Å². The van der Waals surface area contributed by atoms with Crippen LogP contribution in [0.1, 0.15) is 188 Å². The van der Waals surface area contributed by atoms with Gasteiger partial charge in [-0.05, 0) is 165 Å². The van der Waals surface area contributed by atoms with Crippen molar-refractivity contribution in [1.82, 2.24) is 0 Å². The molecule has 514 valence electrons. The third kappa shape index (κ3) is 15.0. The summed E-state index contributed by atoms with van der Waals surface area (Å²) < 4.78 is 65.0. The molecule has 3 heterocycles. The van der Waals surface area contributed by atoms with E-state index in [1.807, 2.05) is 65.8 Å². The molecule has 0 amide bonds. The van der Waals surface area contributed by atoms with Crippen LogP contribution in [0.25, 0.3) is 0 Å². The van der Waals surface area contributed by atoms with E-state index in [0.717, 1.165) is 44.9 Å². The van der Waals surface area contributed by atoms with Crippen LogP contribution >= 0.6 is 0 Å². The van der Waals surface area contributed by atoms with Crippen LogP contribution in [0.15, 0.2) is 121 Å². The van der Waals surface area contributed by atoms with Gasteiger partial charge in [0.15, 0.2) is 31.1 Å². The van der Waals surface area contributed by atoms with Gasteiger partial charge in [-0.15, -0.1) is 0 Å². The lowest BCUT2D eigenvalue weighted by Crippen LogP contribution is -2.58. The number of Topliss-reactive ketones (excluding diaryl/α,β-unsaturated/α-hetero) is 2. The lowest BCUT2D eigenvalue weighted by atomic mass is 9.44. The highest BCUT2D eigenvalue weighted by Gasteiger charge is 2.64. The van der Waals surface area contributed by atoms with Gasteiger partial charge in [-0.2, -0.15) is 0 Å². The topological polar surface area (TPSA) is 195 Å². The predicted octanol–water partition coefficient (Wildman–Crippen LogP) is 14.6. The summed E-state index contributed by atoms with van der Waals surface area (Å²) in [5.74, 6) is -1.40. The number of fused-ring (bicyclic) bond motifs is 5. The molecule has 4 aromatic rings. The summed E-state index contributed by atoms with van der Waals surface area (Å²) in [7, 11) is 0. The number of carbonyl (C=O) groups excluding carboxylic acids is 6. The molecule has 0 N–H and O–H groups in total. The Labute approximate surface area is 562 Å². The summed E-state index contributed by atoms with van der Waals surface area (Å²) in [6.07, 6.45) is 1.36. The van der Waals surface area contributed by atoms with E-state index in [9.17, 15) is 28.8 Å². The molecular formula is C79H102O16. The Morgan fingerprint density at radius 1 is 0.526 bits per heavy atom. The van der Waals surface area contributed by atoms with E-state index >= 15 is 0 Å². The Hall–Kier alpha value is -6.14. The maximum Gasteiger partial charge on any atom is 0.338 e. The second-order valence-electron chi connectivity index (χ2n) is 29.9. The maximum atomic E-state index is 14.5. The molecular weight excluding hydrogens is 1200 g/mol. The molecule has 3 saturated heterocycles. The van der Waals surface area contributed by atoms with E-state index < -0.39 is 79.2 Å². The van der Waals surface area contributed by atoms with Crippen LogP contribution in [0.2, 0.25) is 0 Å². The highest BCUT2D eigenvalue weighted by atomic mass is 16.7. The molecule has 25 atom stereocenters. The van der Waals surface area contributed by atoms with Gasteiger partial charge in [0.05, 0.1) is 59.9 Å². The Bertz CT molecular complexity index is 3260. The lowest BCUT2D eigenvalue weighted by molar-refractivity contribution is -0.310. The minimum Gasteiger partial charge on any atom is -0.454 e. The van der Waals surface area contributed by atoms with E-state index in [-0.39, 0.29) is 101 Å². The molecule has 4 aromatic carbocycles. The monoisotopic (exact) mass is 1310 g/mol. The third-order valence-corrected chi connectivity index (χ3v) is 24.3. The molecule has 7 fully saturated rings. The quantitative estimate of drug-likeness (QED) is 0.0409. The number of benzene rings is 4. The van der Waals surface area contributed by atoms with Crippen LogP contribution in [-0.2, 0) is 57.0 Å². The average molecular weight is 1310 g/mol. The fourth-order valence-electron chi connectivity index (χ4n) is 17.9. The standard InChI is InChI=1S/C79H102O16/c1-12-64-51(8)68(93-72(83)54-27-19-14-20-28-54)70(95-74(85)56-31-23-16-24-32-56)77(90-64)86-43-45(2)33-36-62(80)50(7)66-63(81)42-61-59-35-34-57-41-58(37-39-78(57,10)60(59)38-40-79(61,66)11)89-75-48(5)46(3)47(4)65(91-75)44-87-76-69(94-73(84)55-29-21-15-22-30-55)67(49(6)52(9)88-76)92-71(82)53-25-17-13-18-26-53/h13-32,45-52,57-61,64-70,75-77H,12,33-44H2,1-11H3/t45-,46-,47+,48?,49-,50+,51+,52?,57?,58?,59?,60?,61?,64?,65?,66?,67-,68-,69?,70?,75+,76+,77+,78?,79?/m0/s1. The van der Waals surface area contributed by atoms with Crippen molar-refractivity contribution in [3.63, 3.8) is 0 Å². The summed E-state index contributed by atoms with van der Waals surface area (Å²) in [4.78, 5) is 83.6. The molecule has 95 heavy (non-hydrogen) atoms. The van der Waals surface area contributed by atoms with Crippen molar-refractivity contribution in [2.45, 2.75) is 214 Å². The van der Waals surface area contributed by atoms with Crippen LogP contribution in [0.3, 0.4) is 0 Å². The molecule has 7 aliphatic rings. The first kappa shape index (κ1) is 70.2. The highest BCUT2D eigenvalue weighted by molar-refractivity contribution is 5.93. The number of ether oxygens (including phenoxy) is 10. The number of ketones is 2. The van der Waals surface area contributed by atoms with E-state index in [1.54, 1.807) is 97.1 Å². The van der Waals surface area contributed by atoms with Crippen molar-refractivity contribution < 1.29 is 76.1 Å². The maximum absolute atomic E-state index is 14.5. The van der Waals surface area contributed by atoms with Gasteiger partial charge in [0.2, 0.25) is 0 Å². The van der Waals surface area contributed by atoms with Gasteiger partial charge in [0.1, 0.15) is 23.8 Å². The Kier molecular flexibility index (Phi) is 22.4. The van der Waals surface area contributed by atoms with Gasteiger partial charge in [0, 0.05) is 42.4 Å². The largest absolute Gasteiger partial charge is 0.454 e. The SMILES string of the molecule is CCC1O[C@@H](OC[C@@H](C)CCC(=O)[C@@H](C)C2C(=O)CC3C4CCC5CC(O[C@@H]6OC(CO[C@@H]7OC(C)[C@H](C)[C@H](OC(=O)c8ccccc8)C7OC(=O)c7ccccc7)[C@H](C)[C@H](C)C6C)CCC5(C)C4CCC32C)C(OC(=O)c2ccccc2)[C@@H](OC(=O)c2ccccc2)[C@@H]1C. The summed E-state index contributed by atoms with van der Waals surface area (Å²) in [5, 5.41) is 0. The molecule has 4 aliphatic carbocycles. The Morgan fingerprint density at radius 2 is 1.02 bits per heavy atom. The molecule has 14 unspecified atom stereocenters. The molecule has 0 bridgehead atoms. The first-order valence-corrected chi connectivity index (χ1v) is 35.5. The van der Waals surface area contributed by atoms with Crippen molar-refractivity contribution >= 4 is 35.4 Å². The predicted molar refractivity (Wildman–Crippen MR) is 355 cm³/mol. The molecule has 0 spiro atoms. The summed E-state index contributed by atoms with van der Waals surface area (Å²) in [6.45, 7) is 23.6. The first-order chi connectivity index (χ1) is 45.6. The fraction of sp³-hybridized carbons (Fsp3) is 0.620. The first-order valence-electron chi connectivity index (χ1n) is 35.5. The summed E-state index contributed by atoms with van der Waals surface area (Å²) >= 11 is 0. The van der Waals surface area contributed by atoms with Crippen molar-refractivity contribution in [1.29, 1.82) is 0 Å². The van der Waals surface area contributed by atoms with Crippen LogP contribution in [0.4, 0.5) is 0 Å². The number of hydrogen-bond acceptors (Lipinski definition) is 16. The molecule has 0 radical (unpaired) electrons. The van der Waals surface area contributed by atoms with E-state index in [0.29, 0.717) is 65.7 Å². The molecule has 4 saturated carbocycles. The zero-order chi connectivity index (χ0) is 67.5. The van der Waals surface area contributed by atoms with Gasteiger partial charge in [-0.3, -0.25) is 9.59 Å². The highest BCUT2D eigenvalue weighted by Crippen LogP contribution is 2.68. The average Bonchev–Trinajstić information content (AvgIpc) is 1.64. The van der Waals surface area contributed by atoms with E-state index in [2.05, 4.69) is 34.6 Å². The smallest absolute Gasteiger partial charge is 0.338 e. The van der Waals surface area contributed by atoms with Crippen molar-refractivity contribution in [2.75, 3.05) is 13.2 Å². The Morgan fingerprint density at radius 3 is 1.56 bits per heavy atom. The van der Waals surface area contributed by atoms with Crippen LogP contribution in [0.5, 0.6) is 0 Å². The molecule has 16 nitrogen and oxygen atoms in total. The fourth-order valence-corrected chi connectivity index (χ4v) is 17.9. The lowest BCUT2D eigenvalue weighted by Gasteiger charge is -2.61. The molecule has 3 aliphatic heterocycles. The normalized spacial score (nSPS) is 37.4. The van der Waals surface area contributed by atoms with Gasteiger partial charge in [-0.1, -0.05) is 142 Å². The minimum atomic E-state index is -1.08. The second-order valence-corrected chi connectivity index (χ2v) is 29.9. The number of rotatable bonds is 22. The minimum absolute atomic E-state index is 0.0148. The Balaban J connectivity index is 0.688. The number of esters is 4. The summed E-state index contributed by atoms with van der Waals surface area (Å²) in [6, 6.07) is 34.9. The molecule has 0 aromatic heterocycles. The van der Waals surface area contributed by atoms with Gasteiger partial charge in [0.25, 0.3) is 0 Å². The van der Waals surface area contributed by atoms with E-state index in [4.69, 9.17) is 47.4 Å². The number of carbonyl (C=O) groups is 6. The van der Waals surface area contributed by atoms with Crippen LogP contribution in [-0.4, -0.2) is 116 Å². The zero-order valence-electron chi connectivity index (χ0n) is 57.6. The zero-order valence-corrected chi connectivity index (χ0v) is 57.6. The number of hydrogen-bond donors (Lipinski definition) is 0. The molecule has 16 heteroatoms. The summed E-state index contributed by atoms with van der Waals surface area (Å²) in [5.41, 5.74) is 1.30. The van der Waals surface area contributed by atoms with Crippen molar-refractivity contribution in [3.05, 3.63) is 144 Å². The van der Waals surface area contributed by atoms with Gasteiger partial charge in [-0.25, -0.2) is 19.2 Å². The van der Waals surface area contributed by atoms with E-state index in [1.165, 1.54) is 0 Å². The van der Waals surface area contributed by atoms with Crippen molar-refractivity contribution in [2.24, 2.45) is 81.8 Å². The second kappa shape index (κ2) is 30.3. The van der Waals surface area contributed by atoms with Crippen LogP contribution < -0.4 is 0 Å².